The van der Waals surface area contributed by atoms with E-state index < -0.39 is 12.0 Å². The van der Waals surface area contributed by atoms with Crippen LogP contribution >= 0.6 is 0 Å². The summed E-state index contributed by atoms with van der Waals surface area (Å²) < 4.78 is 5.78. The predicted molar refractivity (Wildman–Crippen MR) is 71.0 cm³/mol. The maximum absolute atomic E-state index is 11.2. The summed E-state index contributed by atoms with van der Waals surface area (Å²) in [4.78, 5) is 11.2. The van der Waals surface area contributed by atoms with Crippen LogP contribution in [0.15, 0.2) is 24.3 Å². The number of carboxylic acid groups (broad SMARTS) is 1. The first-order valence-electron chi connectivity index (χ1n) is 6.91. The van der Waals surface area contributed by atoms with Crippen molar-refractivity contribution in [2.75, 3.05) is 13.2 Å². The molecule has 0 bridgehead atoms. The van der Waals surface area contributed by atoms with Crippen molar-refractivity contribution in [1.29, 1.82) is 0 Å². The van der Waals surface area contributed by atoms with Gasteiger partial charge in [-0.15, -0.1) is 0 Å². The molecule has 2 unspecified atom stereocenters. The highest BCUT2D eigenvalue weighted by atomic mass is 16.5. The normalized spacial score (nSPS) is 23.7. The van der Waals surface area contributed by atoms with Crippen molar-refractivity contribution >= 4 is 5.97 Å². The molecular formula is C15H19NO3. The van der Waals surface area contributed by atoms with E-state index in [9.17, 15) is 9.90 Å². The van der Waals surface area contributed by atoms with Gasteiger partial charge in [-0.2, -0.15) is 0 Å². The van der Waals surface area contributed by atoms with Gasteiger partial charge in [0.15, 0.2) is 0 Å². The average molecular weight is 261 g/mol. The summed E-state index contributed by atoms with van der Waals surface area (Å²) in [5.41, 5.74) is 2.51. The molecule has 4 heteroatoms. The van der Waals surface area contributed by atoms with Gasteiger partial charge in [-0.25, -0.2) is 0 Å². The molecule has 1 aromatic carbocycles. The zero-order chi connectivity index (χ0) is 13.2. The summed E-state index contributed by atoms with van der Waals surface area (Å²) >= 11 is 0. The number of carboxylic acids is 1. The molecule has 102 valence electrons. The van der Waals surface area contributed by atoms with E-state index in [1.807, 2.05) is 12.1 Å². The Morgan fingerprint density at radius 2 is 2.21 bits per heavy atom. The van der Waals surface area contributed by atoms with Crippen molar-refractivity contribution in [1.82, 2.24) is 5.32 Å². The van der Waals surface area contributed by atoms with Crippen LogP contribution in [0, 0.1) is 5.92 Å². The Labute approximate surface area is 112 Å². The smallest absolute Gasteiger partial charge is 0.320 e. The second-order valence-electron chi connectivity index (χ2n) is 5.37. The van der Waals surface area contributed by atoms with Gasteiger partial charge in [-0.3, -0.25) is 4.79 Å². The van der Waals surface area contributed by atoms with Crippen molar-refractivity contribution < 1.29 is 14.6 Å². The molecule has 3 rings (SSSR count). The number of fused-ring (bicyclic) bond motifs is 1. The van der Waals surface area contributed by atoms with Crippen LogP contribution in [0.5, 0.6) is 0 Å². The monoisotopic (exact) mass is 261 g/mol. The van der Waals surface area contributed by atoms with Gasteiger partial charge in [-0.05, 0) is 36.3 Å². The summed E-state index contributed by atoms with van der Waals surface area (Å²) in [6, 6.07) is 7.83. The summed E-state index contributed by atoms with van der Waals surface area (Å²) in [7, 11) is 0. The van der Waals surface area contributed by atoms with Gasteiger partial charge in [0.05, 0.1) is 12.7 Å². The first-order valence-corrected chi connectivity index (χ1v) is 6.91. The molecule has 0 spiro atoms. The summed E-state index contributed by atoms with van der Waals surface area (Å²) in [6.45, 7) is 1.29. The van der Waals surface area contributed by atoms with E-state index in [0.29, 0.717) is 19.1 Å². The van der Waals surface area contributed by atoms with Crippen molar-refractivity contribution in [2.24, 2.45) is 5.92 Å². The van der Waals surface area contributed by atoms with Crippen LogP contribution in [0.2, 0.25) is 0 Å². The van der Waals surface area contributed by atoms with E-state index in [4.69, 9.17) is 4.74 Å². The Morgan fingerprint density at radius 1 is 1.42 bits per heavy atom. The average Bonchev–Trinajstić information content (AvgIpc) is 3.23. The van der Waals surface area contributed by atoms with Gasteiger partial charge in [-0.1, -0.05) is 24.3 Å². The van der Waals surface area contributed by atoms with E-state index in [1.54, 1.807) is 0 Å². The standard InChI is InChI=1S/C15H19NO3/c17-15(18)14(11-5-6-11)16-9-13-12-4-2-1-3-10(12)7-8-19-13/h1-4,11,13-14,16H,5-9H2,(H,17,18). The zero-order valence-electron chi connectivity index (χ0n) is 10.8. The molecule has 1 fully saturated rings. The lowest BCUT2D eigenvalue weighted by Crippen LogP contribution is -2.41. The predicted octanol–water partition coefficient (Wildman–Crippen LogP) is 1.75. The molecule has 2 aliphatic rings. The number of aliphatic carboxylic acids is 1. The first kappa shape index (κ1) is 12.6. The van der Waals surface area contributed by atoms with Gasteiger partial charge < -0.3 is 15.2 Å². The van der Waals surface area contributed by atoms with Gasteiger partial charge >= 0.3 is 5.97 Å². The minimum absolute atomic E-state index is 0.0226. The maximum atomic E-state index is 11.2. The number of carbonyl (C=O) groups is 1. The van der Waals surface area contributed by atoms with Crippen LogP contribution in [-0.4, -0.2) is 30.3 Å². The number of hydrogen-bond donors (Lipinski definition) is 2. The number of ether oxygens (including phenoxy) is 1. The largest absolute Gasteiger partial charge is 0.480 e. The lowest BCUT2D eigenvalue weighted by Gasteiger charge is -2.27. The van der Waals surface area contributed by atoms with Gasteiger partial charge in [0.1, 0.15) is 6.04 Å². The molecule has 2 atom stereocenters. The fourth-order valence-corrected chi connectivity index (χ4v) is 2.76. The van der Waals surface area contributed by atoms with Crippen molar-refractivity contribution in [3.05, 3.63) is 35.4 Å². The van der Waals surface area contributed by atoms with Crippen LogP contribution in [-0.2, 0) is 16.0 Å². The third-order valence-electron chi connectivity index (χ3n) is 3.98. The third kappa shape index (κ3) is 2.80. The molecule has 0 saturated heterocycles. The Morgan fingerprint density at radius 3 is 2.95 bits per heavy atom. The van der Waals surface area contributed by atoms with Crippen LogP contribution in [0.25, 0.3) is 0 Å². The van der Waals surface area contributed by atoms with Crippen LogP contribution in [0.4, 0.5) is 0 Å². The van der Waals surface area contributed by atoms with Crippen LogP contribution in [0.3, 0.4) is 0 Å². The Balaban J connectivity index is 1.66. The summed E-state index contributed by atoms with van der Waals surface area (Å²) in [5.74, 6) is -0.442. The van der Waals surface area contributed by atoms with Gasteiger partial charge in [0.25, 0.3) is 0 Å². The third-order valence-corrected chi connectivity index (χ3v) is 3.98. The molecule has 0 amide bonds. The quantitative estimate of drug-likeness (QED) is 0.848. The molecule has 4 nitrogen and oxygen atoms in total. The number of nitrogens with one attached hydrogen (secondary N) is 1. The molecule has 19 heavy (non-hydrogen) atoms. The number of hydrogen-bond acceptors (Lipinski definition) is 3. The highest BCUT2D eigenvalue weighted by Crippen LogP contribution is 2.33. The molecular weight excluding hydrogens is 242 g/mol. The van der Waals surface area contributed by atoms with E-state index >= 15 is 0 Å². The minimum atomic E-state index is -0.744. The Kier molecular flexibility index (Phi) is 3.53. The second-order valence-corrected chi connectivity index (χ2v) is 5.37. The van der Waals surface area contributed by atoms with Crippen molar-refractivity contribution in [3.8, 4) is 0 Å². The highest BCUT2D eigenvalue weighted by molar-refractivity contribution is 5.74. The molecule has 1 aliphatic heterocycles. The summed E-state index contributed by atoms with van der Waals surface area (Å²) in [6.07, 6.45) is 2.96. The van der Waals surface area contributed by atoms with Crippen LogP contribution in [0.1, 0.15) is 30.1 Å². The van der Waals surface area contributed by atoms with Gasteiger partial charge in [0.2, 0.25) is 0 Å². The molecule has 1 heterocycles. The fourth-order valence-electron chi connectivity index (χ4n) is 2.76. The molecule has 2 N–H and O–H groups in total. The molecule has 1 aliphatic carbocycles. The minimum Gasteiger partial charge on any atom is -0.480 e. The lowest BCUT2D eigenvalue weighted by atomic mass is 9.97. The number of rotatable bonds is 5. The molecule has 0 aromatic heterocycles. The van der Waals surface area contributed by atoms with E-state index in [1.165, 1.54) is 11.1 Å². The van der Waals surface area contributed by atoms with E-state index in [-0.39, 0.29) is 6.10 Å². The zero-order valence-corrected chi connectivity index (χ0v) is 10.8. The highest BCUT2D eigenvalue weighted by Gasteiger charge is 2.36. The fraction of sp³-hybridized carbons (Fsp3) is 0.533. The lowest BCUT2D eigenvalue weighted by molar-refractivity contribution is -0.140. The van der Waals surface area contributed by atoms with Crippen molar-refractivity contribution in [3.63, 3.8) is 0 Å². The van der Waals surface area contributed by atoms with Crippen molar-refractivity contribution in [2.45, 2.75) is 31.4 Å². The SMILES string of the molecule is O=C(O)C(NCC1OCCc2ccccc21)C1CC1. The molecule has 1 aromatic rings. The topological polar surface area (TPSA) is 58.6 Å². The Hall–Kier alpha value is -1.39. The summed E-state index contributed by atoms with van der Waals surface area (Å²) in [5, 5.41) is 12.4. The maximum Gasteiger partial charge on any atom is 0.320 e. The van der Waals surface area contributed by atoms with Gasteiger partial charge in [0, 0.05) is 6.54 Å². The number of benzene rings is 1. The molecule has 1 saturated carbocycles. The Bertz CT molecular complexity index is 470. The van der Waals surface area contributed by atoms with E-state index in [2.05, 4.69) is 17.4 Å². The van der Waals surface area contributed by atoms with E-state index in [0.717, 1.165) is 19.3 Å². The second kappa shape index (κ2) is 5.31. The van der Waals surface area contributed by atoms with Crippen LogP contribution < -0.4 is 5.32 Å². The first-order chi connectivity index (χ1) is 9.25. The molecule has 0 radical (unpaired) electrons.